The highest BCUT2D eigenvalue weighted by atomic mass is 16.5. The van der Waals surface area contributed by atoms with E-state index in [-0.39, 0.29) is 6.10 Å². The van der Waals surface area contributed by atoms with Crippen molar-refractivity contribution in [3.8, 4) is 0 Å². The van der Waals surface area contributed by atoms with E-state index in [9.17, 15) is 4.79 Å². The van der Waals surface area contributed by atoms with Gasteiger partial charge in [0.1, 0.15) is 0 Å². The van der Waals surface area contributed by atoms with Gasteiger partial charge < -0.3 is 14.5 Å². The van der Waals surface area contributed by atoms with E-state index in [2.05, 4.69) is 16.8 Å². The molecule has 3 fully saturated rings. The molecule has 0 unspecified atom stereocenters. The molecule has 0 aromatic carbocycles. The molecule has 3 rings (SSSR count). The summed E-state index contributed by atoms with van der Waals surface area (Å²) >= 11 is 0. The molecule has 4 heteroatoms. The normalized spacial score (nSPS) is 34.1. The van der Waals surface area contributed by atoms with Crippen LogP contribution in [-0.4, -0.2) is 61.6 Å². The summed E-state index contributed by atoms with van der Waals surface area (Å²) in [5.41, 5.74) is 0. The molecule has 3 aliphatic rings. The van der Waals surface area contributed by atoms with E-state index in [4.69, 9.17) is 4.74 Å². The van der Waals surface area contributed by atoms with Gasteiger partial charge in [-0.2, -0.15) is 0 Å². The van der Waals surface area contributed by atoms with Gasteiger partial charge in [-0.15, -0.1) is 0 Å². The first-order valence-corrected chi connectivity index (χ1v) is 7.83. The fourth-order valence-corrected chi connectivity index (χ4v) is 3.84. The number of hydrogen-bond acceptors (Lipinski definition) is 3. The molecule has 1 saturated carbocycles. The predicted octanol–water partition coefficient (Wildman–Crippen LogP) is 1.36. The number of nitrogens with zero attached hydrogens (tertiary/aromatic N) is 2. The molecule has 0 bridgehead atoms. The molecule has 2 heterocycles. The second kappa shape index (κ2) is 5.80. The minimum Gasteiger partial charge on any atom is -0.375 e. The Balaban J connectivity index is 1.59. The van der Waals surface area contributed by atoms with Gasteiger partial charge in [-0.1, -0.05) is 19.3 Å². The monoisotopic (exact) mass is 266 g/mol. The maximum Gasteiger partial charge on any atom is 0.225 e. The average molecular weight is 266 g/mol. The molecule has 4 nitrogen and oxygen atoms in total. The van der Waals surface area contributed by atoms with Crippen LogP contribution in [0, 0.1) is 11.8 Å². The number of amides is 1. The lowest BCUT2D eigenvalue weighted by Crippen LogP contribution is -2.37. The van der Waals surface area contributed by atoms with E-state index in [1.807, 2.05) is 0 Å². The number of ether oxygens (including phenoxy) is 1. The van der Waals surface area contributed by atoms with Gasteiger partial charge in [0.05, 0.1) is 12.7 Å². The molecule has 2 saturated heterocycles. The highest BCUT2D eigenvalue weighted by Gasteiger charge is 2.39. The van der Waals surface area contributed by atoms with E-state index >= 15 is 0 Å². The highest BCUT2D eigenvalue weighted by Crippen LogP contribution is 2.29. The minimum atomic E-state index is 0.275. The average Bonchev–Trinajstić information content (AvgIpc) is 2.74. The van der Waals surface area contributed by atoms with Crippen molar-refractivity contribution in [2.24, 2.45) is 11.8 Å². The third-order valence-corrected chi connectivity index (χ3v) is 5.00. The van der Waals surface area contributed by atoms with Crippen molar-refractivity contribution in [2.45, 2.75) is 38.2 Å². The fourth-order valence-electron chi connectivity index (χ4n) is 3.84. The zero-order chi connectivity index (χ0) is 13.2. The van der Waals surface area contributed by atoms with Gasteiger partial charge in [0.15, 0.2) is 0 Å². The number of likely N-dealkylation sites (N-methyl/N-ethyl adjacent to an activating group) is 1. The van der Waals surface area contributed by atoms with Crippen molar-refractivity contribution in [2.75, 3.05) is 39.8 Å². The zero-order valence-electron chi connectivity index (χ0n) is 12.0. The number of carbonyl (C=O) groups excluding carboxylic acids is 1. The largest absolute Gasteiger partial charge is 0.375 e. The first-order valence-electron chi connectivity index (χ1n) is 7.83. The van der Waals surface area contributed by atoms with Crippen molar-refractivity contribution < 1.29 is 9.53 Å². The van der Waals surface area contributed by atoms with Crippen LogP contribution in [0.4, 0.5) is 0 Å². The number of hydrogen-bond donors (Lipinski definition) is 0. The molecule has 0 spiro atoms. The molecular weight excluding hydrogens is 240 g/mol. The number of carbonyl (C=O) groups is 1. The van der Waals surface area contributed by atoms with Crippen LogP contribution in [0.25, 0.3) is 0 Å². The van der Waals surface area contributed by atoms with E-state index in [1.54, 1.807) is 0 Å². The van der Waals surface area contributed by atoms with Crippen LogP contribution in [0.15, 0.2) is 0 Å². The third kappa shape index (κ3) is 2.95. The molecule has 2 aliphatic heterocycles. The Labute approximate surface area is 116 Å². The third-order valence-electron chi connectivity index (χ3n) is 5.00. The van der Waals surface area contributed by atoms with Crippen LogP contribution in [0.3, 0.4) is 0 Å². The standard InChI is InChI=1S/C15H26N2O2/c1-16-7-8-19-14-11-17(10-13(14)9-16)15(18)12-5-3-2-4-6-12/h12-14H,2-11H2,1H3/t13-,14+/m0/s1. The van der Waals surface area contributed by atoms with Gasteiger partial charge in [0.2, 0.25) is 5.91 Å². The minimum absolute atomic E-state index is 0.275. The van der Waals surface area contributed by atoms with Gasteiger partial charge in [-0.3, -0.25) is 4.79 Å². The molecule has 19 heavy (non-hydrogen) atoms. The molecular formula is C15H26N2O2. The molecule has 0 N–H and O–H groups in total. The summed E-state index contributed by atoms with van der Waals surface area (Å²) < 4.78 is 5.93. The van der Waals surface area contributed by atoms with Gasteiger partial charge in [-0.05, 0) is 19.9 Å². The molecule has 0 aromatic heterocycles. The Hall–Kier alpha value is -0.610. The SMILES string of the molecule is CN1CCO[C@@H]2CN(C(=O)C3CCCCC3)C[C@@H]2C1. The van der Waals surface area contributed by atoms with Crippen LogP contribution < -0.4 is 0 Å². The van der Waals surface area contributed by atoms with Crippen LogP contribution in [0.5, 0.6) is 0 Å². The smallest absolute Gasteiger partial charge is 0.225 e. The summed E-state index contributed by atoms with van der Waals surface area (Å²) in [6.45, 7) is 4.63. The van der Waals surface area contributed by atoms with Crippen LogP contribution in [0.2, 0.25) is 0 Å². The topological polar surface area (TPSA) is 32.8 Å². The Morgan fingerprint density at radius 2 is 1.89 bits per heavy atom. The zero-order valence-corrected chi connectivity index (χ0v) is 12.0. The van der Waals surface area contributed by atoms with E-state index in [1.165, 1.54) is 19.3 Å². The Bertz CT molecular complexity index is 328. The molecule has 1 amide bonds. The maximum absolute atomic E-state index is 12.6. The maximum atomic E-state index is 12.6. The second-order valence-corrected chi connectivity index (χ2v) is 6.51. The van der Waals surface area contributed by atoms with Crippen molar-refractivity contribution in [3.05, 3.63) is 0 Å². The Morgan fingerprint density at radius 3 is 2.68 bits per heavy atom. The highest BCUT2D eigenvalue weighted by molar-refractivity contribution is 5.79. The summed E-state index contributed by atoms with van der Waals surface area (Å²) in [5.74, 6) is 1.22. The van der Waals surface area contributed by atoms with Crippen LogP contribution in [-0.2, 0) is 9.53 Å². The van der Waals surface area contributed by atoms with Crippen LogP contribution in [0.1, 0.15) is 32.1 Å². The number of rotatable bonds is 1. The Kier molecular flexibility index (Phi) is 4.08. The number of likely N-dealkylation sites (tertiary alicyclic amines) is 1. The molecule has 1 aliphatic carbocycles. The number of fused-ring (bicyclic) bond motifs is 1. The molecule has 108 valence electrons. The van der Waals surface area contributed by atoms with Crippen molar-refractivity contribution >= 4 is 5.91 Å². The van der Waals surface area contributed by atoms with Gasteiger partial charge >= 0.3 is 0 Å². The summed E-state index contributed by atoms with van der Waals surface area (Å²) in [6.07, 6.45) is 6.25. The van der Waals surface area contributed by atoms with Crippen LogP contribution >= 0.6 is 0 Å². The molecule has 0 aromatic rings. The van der Waals surface area contributed by atoms with Crippen molar-refractivity contribution in [1.29, 1.82) is 0 Å². The fraction of sp³-hybridized carbons (Fsp3) is 0.933. The van der Waals surface area contributed by atoms with Crippen molar-refractivity contribution in [1.82, 2.24) is 9.80 Å². The van der Waals surface area contributed by atoms with Gasteiger partial charge in [0.25, 0.3) is 0 Å². The lowest BCUT2D eigenvalue weighted by Gasteiger charge is -2.26. The lowest BCUT2D eigenvalue weighted by molar-refractivity contribution is -0.136. The summed E-state index contributed by atoms with van der Waals surface area (Å²) in [7, 11) is 2.15. The molecule has 0 radical (unpaired) electrons. The first-order chi connectivity index (χ1) is 9.24. The van der Waals surface area contributed by atoms with Gasteiger partial charge in [0, 0.05) is 38.0 Å². The van der Waals surface area contributed by atoms with E-state index in [0.29, 0.717) is 17.7 Å². The quantitative estimate of drug-likeness (QED) is 0.718. The lowest BCUT2D eigenvalue weighted by atomic mass is 9.88. The summed E-state index contributed by atoms with van der Waals surface area (Å²) in [4.78, 5) is 17.0. The molecule has 2 atom stereocenters. The predicted molar refractivity (Wildman–Crippen MR) is 73.9 cm³/mol. The van der Waals surface area contributed by atoms with Crippen molar-refractivity contribution in [3.63, 3.8) is 0 Å². The van der Waals surface area contributed by atoms with E-state index in [0.717, 1.165) is 45.6 Å². The summed E-state index contributed by atoms with van der Waals surface area (Å²) in [5, 5.41) is 0. The Morgan fingerprint density at radius 1 is 1.11 bits per heavy atom. The first kappa shape index (κ1) is 13.4. The van der Waals surface area contributed by atoms with E-state index < -0.39 is 0 Å². The van der Waals surface area contributed by atoms with Gasteiger partial charge in [-0.25, -0.2) is 0 Å². The summed E-state index contributed by atoms with van der Waals surface area (Å²) in [6, 6.07) is 0. The second-order valence-electron chi connectivity index (χ2n) is 6.51.